The SMILES string of the molecule is C=C[C@@H](N)c1cc(F)cc(N)c1O. The van der Waals surface area contributed by atoms with Crippen LogP contribution >= 0.6 is 0 Å². The smallest absolute Gasteiger partial charge is 0.143 e. The molecule has 0 spiro atoms. The molecule has 0 aliphatic heterocycles. The number of benzene rings is 1. The van der Waals surface area contributed by atoms with E-state index in [0.717, 1.165) is 12.1 Å². The molecule has 0 fully saturated rings. The predicted molar refractivity (Wildman–Crippen MR) is 49.6 cm³/mol. The van der Waals surface area contributed by atoms with Gasteiger partial charge in [-0.15, -0.1) is 6.58 Å². The van der Waals surface area contributed by atoms with Crippen molar-refractivity contribution in [2.24, 2.45) is 5.73 Å². The van der Waals surface area contributed by atoms with E-state index in [0.29, 0.717) is 0 Å². The van der Waals surface area contributed by atoms with Crippen LogP contribution in [0.1, 0.15) is 11.6 Å². The molecule has 1 aromatic rings. The quantitative estimate of drug-likeness (QED) is 0.366. The zero-order valence-corrected chi connectivity index (χ0v) is 7.00. The average molecular weight is 182 g/mol. The average Bonchev–Trinajstić information content (AvgIpc) is 2.10. The highest BCUT2D eigenvalue weighted by atomic mass is 19.1. The van der Waals surface area contributed by atoms with Crippen molar-refractivity contribution in [2.45, 2.75) is 6.04 Å². The van der Waals surface area contributed by atoms with Gasteiger partial charge in [-0.2, -0.15) is 0 Å². The number of halogens is 1. The third-order valence-corrected chi connectivity index (χ3v) is 1.75. The lowest BCUT2D eigenvalue weighted by Gasteiger charge is -2.10. The summed E-state index contributed by atoms with van der Waals surface area (Å²) in [5, 5.41) is 9.40. The molecule has 1 aromatic carbocycles. The maximum absolute atomic E-state index is 12.8. The molecule has 0 radical (unpaired) electrons. The molecule has 0 aliphatic rings. The van der Waals surface area contributed by atoms with Gasteiger partial charge in [0.05, 0.1) is 11.7 Å². The van der Waals surface area contributed by atoms with Gasteiger partial charge in [0.15, 0.2) is 0 Å². The zero-order chi connectivity index (χ0) is 10.0. The molecule has 4 heteroatoms. The number of rotatable bonds is 2. The van der Waals surface area contributed by atoms with E-state index >= 15 is 0 Å². The molecule has 13 heavy (non-hydrogen) atoms. The van der Waals surface area contributed by atoms with Crippen LogP contribution in [0.3, 0.4) is 0 Å². The van der Waals surface area contributed by atoms with Crippen LogP contribution in [0.4, 0.5) is 10.1 Å². The number of phenols is 1. The van der Waals surface area contributed by atoms with Gasteiger partial charge in [0.1, 0.15) is 11.6 Å². The molecule has 5 N–H and O–H groups in total. The molecule has 3 nitrogen and oxygen atoms in total. The van der Waals surface area contributed by atoms with Crippen molar-refractivity contribution in [1.29, 1.82) is 0 Å². The normalized spacial score (nSPS) is 12.5. The standard InChI is InChI=1S/C9H11FN2O/c1-2-7(11)6-3-5(10)4-8(12)9(6)13/h2-4,7,13H,1,11-12H2/t7-/m1/s1. The Bertz CT molecular complexity index is 339. The first kappa shape index (κ1) is 9.54. The van der Waals surface area contributed by atoms with Gasteiger partial charge in [0, 0.05) is 11.6 Å². The van der Waals surface area contributed by atoms with Gasteiger partial charge in [-0.1, -0.05) is 6.08 Å². The van der Waals surface area contributed by atoms with Crippen molar-refractivity contribution >= 4 is 5.69 Å². The van der Waals surface area contributed by atoms with E-state index in [1.165, 1.54) is 6.08 Å². The number of anilines is 1. The Labute approximate surface area is 75.5 Å². The third kappa shape index (κ3) is 1.78. The molecule has 0 unspecified atom stereocenters. The van der Waals surface area contributed by atoms with Crippen LogP contribution in [0.2, 0.25) is 0 Å². The topological polar surface area (TPSA) is 72.3 Å². The molecule has 0 heterocycles. The number of aromatic hydroxyl groups is 1. The van der Waals surface area contributed by atoms with Crippen molar-refractivity contribution in [1.82, 2.24) is 0 Å². The highest BCUT2D eigenvalue weighted by Crippen LogP contribution is 2.30. The molecule has 1 rings (SSSR count). The van der Waals surface area contributed by atoms with Gasteiger partial charge in [-0.25, -0.2) is 4.39 Å². The zero-order valence-electron chi connectivity index (χ0n) is 7.00. The molecule has 0 bridgehead atoms. The lowest BCUT2D eigenvalue weighted by molar-refractivity contribution is 0.466. The van der Waals surface area contributed by atoms with E-state index in [1.54, 1.807) is 0 Å². The van der Waals surface area contributed by atoms with E-state index in [4.69, 9.17) is 11.5 Å². The highest BCUT2D eigenvalue weighted by molar-refractivity contribution is 5.57. The van der Waals surface area contributed by atoms with Crippen LogP contribution in [0, 0.1) is 5.82 Å². The third-order valence-electron chi connectivity index (χ3n) is 1.75. The summed E-state index contributed by atoms with van der Waals surface area (Å²) in [6.07, 6.45) is 1.40. The summed E-state index contributed by atoms with van der Waals surface area (Å²) >= 11 is 0. The Kier molecular flexibility index (Phi) is 2.53. The van der Waals surface area contributed by atoms with Crippen LogP contribution in [-0.4, -0.2) is 5.11 Å². The molecular weight excluding hydrogens is 171 g/mol. The molecule has 1 atom stereocenters. The van der Waals surface area contributed by atoms with E-state index < -0.39 is 11.9 Å². The number of hydrogen-bond acceptors (Lipinski definition) is 3. The van der Waals surface area contributed by atoms with Gasteiger partial charge in [0.25, 0.3) is 0 Å². The summed E-state index contributed by atoms with van der Waals surface area (Å²) in [7, 11) is 0. The maximum Gasteiger partial charge on any atom is 0.143 e. The first-order valence-corrected chi connectivity index (χ1v) is 3.72. The summed E-state index contributed by atoms with van der Waals surface area (Å²) in [5.41, 5.74) is 11.1. The first-order valence-electron chi connectivity index (χ1n) is 3.72. The molecule has 0 amide bonds. The van der Waals surface area contributed by atoms with Crippen LogP contribution in [0.5, 0.6) is 5.75 Å². The van der Waals surface area contributed by atoms with E-state index in [9.17, 15) is 9.50 Å². The summed E-state index contributed by atoms with van der Waals surface area (Å²) in [6, 6.07) is 1.56. The van der Waals surface area contributed by atoms with E-state index in [2.05, 4.69) is 6.58 Å². The number of nitrogens with two attached hydrogens (primary N) is 2. The fourth-order valence-electron chi connectivity index (χ4n) is 1.02. The fraction of sp³-hybridized carbons (Fsp3) is 0.111. The molecule has 0 saturated heterocycles. The minimum atomic E-state index is -0.613. The molecule has 70 valence electrons. The fourth-order valence-corrected chi connectivity index (χ4v) is 1.02. The van der Waals surface area contributed by atoms with Gasteiger partial charge in [-0.05, 0) is 6.07 Å². The van der Waals surface area contributed by atoms with Gasteiger partial charge < -0.3 is 16.6 Å². The maximum atomic E-state index is 12.8. The molecule has 0 aliphatic carbocycles. The van der Waals surface area contributed by atoms with Gasteiger partial charge in [0.2, 0.25) is 0 Å². The van der Waals surface area contributed by atoms with Crippen molar-refractivity contribution in [3.05, 3.63) is 36.2 Å². The predicted octanol–water partition coefficient (Wildman–Crippen LogP) is 1.30. The second-order valence-electron chi connectivity index (χ2n) is 2.69. The number of nitrogen functional groups attached to an aromatic ring is 1. The van der Waals surface area contributed by atoms with Gasteiger partial charge >= 0.3 is 0 Å². The second kappa shape index (κ2) is 3.45. The van der Waals surface area contributed by atoms with Crippen LogP contribution < -0.4 is 11.5 Å². The monoisotopic (exact) mass is 182 g/mol. The van der Waals surface area contributed by atoms with E-state index in [1.807, 2.05) is 0 Å². The Morgan fingerprint density at radius 3 is 2.69 bits per heavy atom. The van der Waals surface area contributed by atoms with Crippen LogP contribution in [0.15, 0.2) is 24.8 Å². The van der Waals surface area contributed by atoms with Gasteiger partial charge in [-0.3, -0.25) is 0 Å². The number of hydrogen-bond donors (Lipinski definition) is 3. The van der Waals surface area contributed by atoms with Crippen molar-refractivity contribution in [2.75, 3.05) is 5.73 Å². The van der Waals surface area contributed by atoms with Crippen molar-refractivity contribution in [3.8, 4) is 5.75 Å². The molecule has 0 aromatic heterocycles. The minimum Gasteiger partial charge on any atom is -0.505 e. The first-order chi connectivity index (χ1) is 6.06. The molecular formula is C9H11FN2O. The summed E-state index contributed by atoms with van der Waals surface area (Å²) in [6.45, 7) is 3.44. The lowest BCUT2D eigenvalue weighted by atomic mass is 10.1. The second-order valence-corrected chi connectivity index (χ2v) is 2.69. The Balaban J connectivity index is 3.27. The Morgan fingerprint density at radius 2 is 2.15 bits per heavy atom. The Hall–Kier alpha value is -1.55. The van der Waals surface area contributed by atoms with Crippen LogP contribution in [-0.2, 0) is 0 Å². The summed E-state index contributed by atoms with van der Waals surface area (Å²) < 4.78 is 12.8. The van der Waals surface area contributed by atoms with Crippen molar-refractivity contribution < 1.29 is 9.50 Å². The lowest BCUT2D eigenvalue weighted by Crippen LogP contribution is -2.08. The largest absolute Gasteiger partial charge is 0.505 e. The summed E-state index contributed by atoms with van der Waals surface area (Å²) in [5.74, 6) is -0.712. The highest BCUT2D eigenvalue weighted by Gasteiger charge is 2.11. The Morgan fingerprint density at radius 1 is 1.54 bits per heavy atom. The number of phenolic OH excluding ortho intramolecular Hbond substituents is 1. The summed E-state index contributed by atoms with van der Waals surface area (Å²) in [4.78, 5) is 0. The van der Waals surface area contributed by atoms with E-state index in [-0.39, 0.29) is 17.0 Å². The minimum absolute atomic E-state index is 0.0210. The van der Waals surface area contributed by atoms with Crippen molar-refractivity contribution in [3.63, 3.8) is 0 Å². The van der Waals surface area contributed by atoms with Crippen LogP contribution in [0.25, 0.3) is 0 Å². The molecule has 0 saturated carbocycles.